The van der Waals surface area contributed by atoms with Crippen LogP contribution in [0, 0.1) is 0 Å². The number of ether oxygens (including phenoxy) is 1. The van der Waals surface area contributed by atoms with Gasteiger partial charge in [0.15, 0.2) is 5.17 Å². The Morgan fingerprint density at radius 1 is 1.00 bits per heavy atom. The molecule has 12 heteroatoms. The Labute approximate surface area is 271 Å². The van der Waals surface area contributed by atoms with Crippen LogP contribution in [0.1, 0.15) is 12.5 Å². The number of nitrogens with zero attached hydrogens (tertiary/aromatic N) is 3. The number of amides is 2. The molecule has 228 valence electrons. The molecule has 0 saturated carbocycles. The average molecular weight is 666 g/mol. The van der Waals surface area contributed by atoms with Crippen LogP contribution in [0.25, 0.3) is 27.9 Å². The lowest BCUT2D eigenvalue weighted by molar-refractivity contribution is -0.114. The lowest BCUT2D eigenvalue weighted by Gasteiger charge is -2.18. The molecule has 45 heavy (non-hydrogen) atoms. The maximum atomic E-state index is 13.6. The minimum atomic E-state index is -2.99. The molecule has 0 atom stereocenters. The standard InChI is InChI=1S/C33H24Cl2F2N4O3S/c1-2-40-28-6-4-3-5-24(28)25-17-21(9-14-29(25)40)38-30(42)18-45-33-39-27(15-19-7-8-20(34)16-26(19)35)31(43)41(33)22-10-12-23(13-11-22)44-32(36)37/h3-17,32H,2,18H2,1H3,(H,38,42)/b27-15+. The van der Waals surface area contributed by atoms with Crippen molar-refractivity contribution < 1.29 is 23.1 Å². The fourth-order valence-corrected chi connectivity index (χ4v) is 6.44. The Morgan fingerprint density at radius 3 is 2.49 bits per heavy atom. The maximum absolute atomic E-state index is 13.6. The zero-order valence-electron chi connectivity index (χ0n) is 23.6. The Bertz CT molecular complexity index is 2010. The van der Waals surface area contributed by atoms with Crippen LogP contribution in [-0.4, -0.2) is 33.9 Å². The van der Waals surface area contributed by atoms with Gasteiger partial charge in [0.2, 0.25) is 5.91 Å². The van der Waals surface area contributed by atoms with E-state index in [1.807, 2.05) is 30.3 Å². The van der Waals surface area contributed by atoms with Gasteiger partial charge in [-0.3, -0.25) is 14.5 Å². The number of carbonyl (C=O) groups excluding carboxylic acids is 2. The zero-order valence-corrected chi connectivity index (χ0v) is 26.0. The van der Waals surface area contributed by atoms with Crippen molar-refractivity contribution in [2.45, 2.75) is 20.1 Å². The van der Waals surface area contributed by atoms with E-state index in [2.05, 4.69) is 38.7 Å². The Morgan fingerprint density at radius 2 is 1.76 bits per heavy atom. The molecule has 2 amide bonds. The highest BCUT2D eigenvalue weighted by atomic mass is 35.5. The summed E-state index contributed by atoms with van der Waals surface area (Å²) < 4.78 is 32.0. The summed E-state index contributed by atoms with van der Waals surface area (Å²) in [6.45, 7) is -0.0821. The molecule has 7 nitrogen and oxygen atoms in total. The number of halogens is 4. The summed E-state index contributed by atoms with van der Waals surface area (Å²) in [4.78, 5) is 32.5. The van der Waals surface area contributed by atoms with Crippen LogP contribution in [-0.2, 0) is 16.1 Å². The highest BCUT2D eigenvalue weighted by Crippen LogP contribution is 2.34. The first-order valence-corrected chi connectivity index (χ1v) is 15.5. The van der Waals surface area contributed by atoms with E-state index in [1.165, 1.54) is 35.2 Å². The second kappa shape index (κ2) is 12.9. The third-order valence-corrected chi connectivity index (χ3v) is 8.61. The van der Waals surface area contributed by atoms with E-state index >= 15 is 0 Å². The van der Waals surface area contributed by atoms with E-state index < -0.39 is 12.5 Å². The minimum Gasteiger partial charge on any atom is -0.435 e. The number of para-hydroxylation sites is 1. The van der Waals surface area contributed by atoms with Crippen LogP contribution in [0.2, 0.25) is 10.0 Å². The Hall–Kier alpha value is -4.38. The second-order valence-corrected chi connectivity index (χ2v) is 11.7. The van der Waals surface area contributed by atoms with E-state index in [9.17, 15) is 18.4 Å². The molecular weight excluding hydrogens is 641 g/mol. The predicted octanol–water partition coefficient (Wildman–Crippen LogP) is 8.84. The fourth-order valence-electron chi connectivity index (χ4n) is 5.16. The molecule has 5 aromatic rings. The molecule has 6 rings (SSSR count). The number of hydrogen-bond acceptors (Lipinski definition) is 5. The summed E-state index contributed by atoms with van der Waals surface area (Å²) in [5.41, 5.74) is 3.80. The molecular formula is C33H24Cl2F2N4O3S. The first-order valence-electron chi connectivity index (χ1n) is 13.8. The molecule has 2 heterocycles. The molecule has 1 aromatic heterocycles. The number of benzene rings is 4. The van der Waals surface area contributed by atoms with Gasteiger partial charge in [-0.1, -0.05) is 59.2 Å². The Balaban J connectivity index is 1.25. The van der Waals surface area contributed by atoms with Crippen molar-refractivity contribution in [1.82, 2.24) is 4.57 Å². The van der Waals surface area contributed by atoms with Crippen LogP contribution in [0.15, 0.2) is 95.6 Å². The molecule has 0 spiro atoms. The van der Waals surface area contributed by atoms with Gasteiger partial charge in [0, 0.05) is 44.1 Å². The summed E-state index contributed by atoms with van der Waals surface area (Å²) in [5, 5.41) is 6.08. The number of nitrogens with one attached hydrogen (secondary N) is 1. The number of aliphatic imine (C=N–C) groups is 1. The number of rotatable bonds is 8. The van der Waals surface area contributed by atoms with Crippen molar-refractivity contribution in [3.8, 4) is 5.75 Å². The minimum absolute atomic E-state index is 0.0566. The van der Waals surface area contributed by atoms with Gasteiger partial charge in [0.1, 0.15) is 11.4 Å². The summed E-state index contributed by atoms with van der Waals surface area (Å²) in [7, 11) is 0. The van der Waals surface area contributed by atoms with E-state index in [0.717, 1.165) is 40.1 Å². The van der Waals surface area contributed by atoms with Crippen molar-refractivity contribution in [2.24, 2.45) is 4.99 Å². The van der Waals surface area contributed by atoms with Crippen molar-refractivity contribution in [1.29, 1.82) is 0 Å². The van der Waals surface area contributed by atoms with Crippen LogP contribution >= 0.6 is 35.0 Å². The number of fused-ring (bicyclic) bond motifs is 3. The first kappa shape index (κ1) is 30.6. The van der Waals surface area contributed by atoms with Crippen molar-refractivity contribution >= 4 is 91.2 Å². The van der Waals surface area contributed by atoms with E-state index in [0.29, 0.717) is 27.0 Å². The number of carbonyl (C=O) groups is 2. The van der Waals surface area contributed by atoms with Crippen LogP contribution in [0.4, 0.5) is 20.2 Å². The molecule has 1 aliphatic heterocycles. The number of alkyl halides is 2. The highest BCUT2D eigenvalue weighted by molar-refractivity contribution is 8.14. The van der Waals surface area contributed by atoms with Gasteiger partial charge in [0.25, 0.3) is 5.91 Å². The Kier molecular flexibility index (Phi) is 8.80. The van der Waals surface area contributed by atoms with Gasteiger partial charge in [-0.15, -0.1) is 0 Å². The molecule has 1 N–H and O–H groups in total. The van der Waals surface area contributed by atoms with Gasteiger partial charge < -0.3 is 14.6 Å². The normalized spacial score (nSPS) is 14.2. The molecule has 1 aliphatic rings. The molecule has 0 saturated heterocycles. The quantitative estimate of drug-likeness (QED) is 0.168. The average Bonchev–Trinajstić information content (AvgIpc) is 3.50. The van der Waals surface area contributed by atoms with Crippen LogP contribution < -0.4 is 15.0 Å². The third-order valence-electron chi connectivity index (χ3n) is 7.11. The van der Waals surface area contributed by atoms with Gasteiger partial charge in [-0.2, -0.15) is 8.78 Å². The van der Waals surface area contributed by atoms with Crippen molar-refractivity contribution in [2.75, 3.05) is 16.0 Å². The first-order chi connectivity index (χ1) is 21.7. The maximum Gasteiger partial charge on any atom is 0.387 e. The topological polar surface area (TPSA) is 75.9 Å². The summed E-state index contributed by atoms with van der Waals surface area (Å²) in [6.07, 6.45) is 1.53. The lowest BCUT2D eigenvalue weighted by atomic mass is 10.1. The third kappa shape index (κ3) is 6.40. The lowest BCUT2D eigenvalue weighted by Crippen LogP contribution is -2.31. The SMILES string of the molecule is CCn1c2ccccc2c2cc(NC(=O)CSC3=N/C(=C/c4ccc(Cl)cc4Cl)C(=O)N3c3ccc(OC(F)F)cc3)ccc21. The second-order valence-electron chi connectivity index (χ2n) is 9.93. The van der Waals surface area contributed by atoms with Gasteiger partial charge in [-0.05, 0) is 79.2 Å². The zero-order chi connectivity index (χ0) is 31.7. The van der Waals surface area contributed by atoms with E-state index in [-0.39, 0.29) is 28.3 Å². The predicted molar refractivity (Wildman–Crippen MR) is 179 cm³/mol. The molecule has 4 aromatic carbocycles. The number of aryl methyl sites for hydroxylation is 1. The van der Waals surface area contributed by atoms with Gasteiger partial charge >= 0.3 is 6.61 Å². The molecule has 0 bridgehead atoms. The largest absolute Gasteiger partial charge is 0.435 e. The smallest absolute Gasteiger partial charge is 0.387 e. The summed E-state index contributed by atoms with van der Waals surface area (Å²) >= 11 is 13.4. The molecule has 0 fully saturated rings. The number of amidine groups is 1. The van der Waals surface area contributed by atoms with Gasteiger partial charge in [0.05, 0.1) is 11.4 Å². The molecule has 0 radical (unpaired) electrons. The fraction of sp³-hybridized carbons (Fsp3) is 0.121. The number of hydrogen-bond donors (Lipinski definition) is 1. The summed E-state index contributed by atoms with van der Waals surface area (Å²) in [6, 6.07) is 24.4. The number of anilines is 2. The summed E-state index contributed by atoms with van der Waals surface area (Å²) in [5.74, 6) is -0.899. The molecule has 0 aliphatic carbocycles. The van der Waals surface area contributed by atoms with Crippen molar-refractivity contribution in [3.63, 3.8) is 0 Å². The molecule has 0 unspecified atom stereocenters. The monoisotopic (exact) mass is 664 g/mol. The van der Waals surface area contributed by atoms with E-state index in [1.54, 1.807) is 18.2 Å². The van der Waals surface area contributed by atoms with Crippen LogP contribution in [0.3, 0.4) is 0 Å². The van der Waals surface area contributed by atoms with E-state index in [4.69, 9.17) is 23.2 Å². The number of thioether (sulfide) groups is 1. The van der Waals surface area contributed by atoms with Gasteiger partial charge in [-0.25, -0.2) is 4.99 Å². The highest BCUT2D eigenvalue weighted by Gasteiger charge is 2.32. The number of aromatic nitrogens is 1. The van der Waals surface area contributed by atoms with Crippen LogP contribution in [0.5, 0.6) is 5.75 Å². The van der Waals surface area contributed by atoms with Crippen molar-refractivity contribution in [3.05, 3.63) is 106 Å².